The normalized spacial score (nSPS) is 15.5. The molecule has 2 amide bonds. The maximum atomic E-state index is 13.9. The van der Waals surface area contributed by atoms with E-state index in [0.717, 1.165) is 17.5 Å². The molecule has 1 atom stereocenters. The van der Waals surface area contributed by atoms with Gasteiger partial charge < -0.3 is 10.2 Å². The Hall–Kier alpha value is -2.77. The molecule has 1 fully saturated rings. The number of halogens is 1. The van der Waals surface area contributed by atoms with E-state index in [9.17, 15) is 14.0 Å². The fourth-order valence-corrected chi connectivity index (χ4v) is 3.80. The van der Waals surface area contributed by atoms with Gasteiger partial charge >= 0.3 is 0 Å². The number of carbonyl (C=O) groups is 2. The van der Waals surface area contributed by atoms with Crippen LogP contribution in [0.25, 0.3) is 0 Å². The van der Waals surface area contributed by atoms with Gasteiger partial charge in [-0.2, -0.15) is 0 Å². The Morgan fingerprint density at radius 1 is 1.03 bits per heavy atom. The molecule has 0 saturated carbocycles. The zero-order chi connectivity index (χ0) is 22.2. The van der Waals surface area contributed by atoms with Crippen molar-refractivity contribution < 1.29 is 14.0 Å². The van der Waals surface area contributed by atoms with Gasteiger partial charge in [-0.3, -0.25) is 19.8 Å². The van der Waals surface area contributed by atoms with Gasteiger partial charge in [0, 0.05) is 33.2 Å². The van der Waals surface area contributed by atoms with Crippen molar-refractivity contribution in [2.24, 2.45) is 0 Å². The minimum absolute atomic E-state index is 0.00572. The Labute approximate surface area is 183 Å². The molecule has 0 radical (unpaired) electrons. The van der Waals surface area contributed by atoms with Crippen LogP contribution in [-0.2, 0) is 16.0 Å². The van der Waals surface area contributed by atoms with Gasteiger partial charge in [-0.15, -0.1) is 0 Å². The van der Waals surface area contributed by atoms with Crippen LogP contribution < -0.4 is 10.6 Å². The van der Waals surface area contributed by atoms with Crippen LogP contribution in [0.5, 0.6) is 0 Å². The Bertz CT molecular complexity index is 879. The molecule has 1 aliphatic heterocycles. The Morgan fingerprint density at radius 3 is 2.35 bits per heavy atom. The van der Waals surface area contributed by atoms with E-state index in [1.165, 1.54) is 17.7 Å². The topological polar surface area (TPSA) is 64.7 Å². The summed E-state index contributed by atoms with van der Waals surface area (Å²) in [5.74, 6) is -0.312. The molecule has 31 heavy (non-hydrogen) atoms. The molecular weight excluding hydrogens is 395 g/mol. The molecule has 2 N–H and O–H groups in total. The van der Waals surface area contributed by atoms with Crippen molar-refractivity contribution in [1.82, 2.24) is 20.4 Å². The lowest BCUT2D eigenvalue weighted by Gasteiger charge is -2.34. The molecule has 2 aromatic carbocycles. The van der Waals surface area contributed by atoms with E-state index in [0.29, 0.717) is 32.7 Å². The lowest BCUT2D eigenvalue weighted by Crippen LogP contribution is -2.52. The second-order valence-electron chi connectivity index (χ2n) is 7.79. The Kier molecular flexibility index (Phi) is 8.14. The fourth-order valence-electron chi connectivity index (χ4n) is 3.80. The monoisotopic (exact) mass is 426 g/mol. The molecule has 1 heterocycles. The largest absolute Gasteiger partial charge is 0.358 e. The first-order valence-electron chi connectivity index (χ1n) is 10.8. The first-order valence-corrected chi connectivity index (χ1v) is 10.8. The van der Waals surface area contributed by atoms with E-state index in [4.69, 9.17) is 0 Å². The maximum Gasteiger partial charge on any atom is 0.236 e. The summed E-state index contributed by atoms with van der Waals surface area (Å²) in [7, 11) is 1.62. The van der Waals surface area contributed by atoms with Gasteiger partial charge in [0.25, 0.3) is 0 Å². The summed E-state index contributed by atoms with van der Waals surface area (Å²) in [5, 5.41) is 5.95. The van der Waals surface area contributed by atoms with Crippen molar-refractivity contribution in [2.45, 2.75) is 19.4 Å². The van der Waals surface area contributed by atoms with Crippen LogP contribution in [0.15, 0.2) is 48.5 Å². The third kappa shape index (κ3) is 6.35. The highest BCUT2D eigenvalue weighted by Crippen LogP contribution is 2.23. The third-order valence-corrected chi connectivity index (χ3v) is 5.73. The molecule has 6 nitrogen and oxygen atoms in total. The van der Waals surface area contributed by atoms with Crippen LogP contribution in [0.3, 0.4) is 0 Å². The number of piperazine rings is 1. The number of rotatable bonds is 8. The van der Waals surface area contributed by atoms with Crippen LogP contribution in [0.2, 0.25) is 0 Å². The Balaban J connectivity index is 1.63. The van der Waals surface area contributed by atoms with E-state index in [1.807, 2.05) is 28.0 Å². The summed E-state index contributed by atoms with van der Waals surface area (Å²) in [6, 6.07) is 14.4. The molecule has 0 unspecified atom stereocenters. The van der Waals surface area contributed by atoms with Crippen molar-refractivity contribution in [3.8, 4) is 0 Å². The van der Waals surface area contributed by atoms with E-state index in [1.54, 1.807) is 13.1 Å². The van der Waals surface area contributed by atoms with E-state index in [-0.39, 0.29) is 30.2 Å². The number of hydrogen-bond donors (Lipinski definition) is 2. The number of nitrogens with zero attached hydrogens (tertiary/aromatic N) is 2. The number of hydrogen-bond acceptors (Lipinski definition) is 4. The zero-order valence-electron chi connectivity index (χ0n) is 18.2. The molecule has 0 bridgehead atoms. The zero-order valence-corrected chi connectivity index (χ0v) is 18.2. The number of likely N-dealkylation sites (N-methyl/N-ethyl adjacent to an activating group) is 1. The average molecular weight is 427 g/mol. The van der Waals surface area contributed by atoms with Crippen LogP contribution in [0.4, 0.5) is 4.39 Å². The van der Waals surface area contributed by atoms with Crippen LogP contribution in [-0.4, -0.2) is 67.9 Å². The molecule has 0 aromatic heterocycles. The Morgan fingerprint density at radius 2 is 1.74 bits per heavy atom. The van der Waals surface area contributed by atoms with Crippen LogP contribution in [0.1, 0.15) is 29.7 Å². The summed E-state index contributed by atoms with van der Waals surface area (Å²) in [4.78, 5) is 28.2. The standard InChI is InChI=1S/C24H31FN4O2/c1-3-18-7-9-19(10-8-18)24(20-5-4-6-21(25)15-20)27-16-23(31)29-13-11-28(12-14-29)17-22(30)26-2/h4-10,15,24,27H,3,11-14,16-17H2,1-2H3,(H,26,30)/t24-/m0/s1. The SMILES string of the molecule is CCc1ccc([C@H](NCC(=O)N2CCN(CC(=O)NC)CC2)c2cccc(F)c2)cc1. The molecule has 0 aliphatic carbocycles. The van der Waals surface area contributed by atoms with Gasteiger partial charge in [0.15, 0.2) is 0 Å². The minimum Gasteiger partial charge on any atom is -0.358 e. The quantitative estimate of drug-likeness (QED) is 0.677. The maximum absolute atomic E-state index is 13.9. The first kappa shape index (κ1) is 22.9. The van der Waals surface area contributed by atoms with E-state index in [2.05, 4.69) is 29.7 Å². The second kappa shape index (κ2) is 11.0. The van der Waals surface area contributed by atoms with Crippen molar-refractivity contribution in [3.05, 3.63) is 71.0 Å². The van der Waals surface area contributed by atoms with Gasteiger partial charge in [-0.1, -0.05) is 43.3 Å². The molecule has 1 aliphatic rings. The number of nitrogens with one attached hydrogen (secondary N) is 2. The summed E-state index contributed by atoms with van der Waals surface area (Å²) in [5.41, 5.74) is 3.01. The van der Waals surface area contributed by atoms with Crippen LogP contribution >= 0.6 is 0 Å². The summed E-state index contributed by atoms with van der Waals surface area (Å²) in [6.45, 7) is 5.14. The molecule has 0 spiro atoms. The highest BCUT2D eigenvalue weighted by molar-refractivity contribution is 5.79. The lowest BCUT2D eigenvalue weighted by molar-refractivity contribution is -0.132. The van der Waals surface area contributed by atoms with Gasteiger partial charge in [-0.25, -0.2) is 4.39 Å². The number of aryl methyl sites for hydroxylation is 1. The molecule has 1 saturated heterocycles. The smallest absolute Gasteiger partial charge is 0.236 e. The summed E-state index contributed by atoms with van der Waals surface area (Å²) in [6.07, 6.45) is 0.947. The van der Waals surface area contributed by atoms with Gasteiger partial charge in [0.2, 0.25) is 11.8 Å². The summed E-state index contributed by atoms with van der Waals surface area (Å²) < 4.78 is 13.9. The van der Waals surface area contributed by atoms with Crippen molar-refractivity contribution in [2.75, 3.05) is 46.3 Å². The minimum atomic E-state index is -0.298. The second-order valence-corrected chi connectivity index (χ2v) is 7.79. The predicted molar refractivity (Wildman–Crippen MR) is 119 cm³/mol. The van der Waals surface area contributed by atoms with Gasteiger partial charge in [-0.05, 0) is 35.2 Å². The van der Waals surface area contributed by atoms with E-state index >= 15 is 0 Å². The van der Waals surface area contributed by atoms with Crippen molar-refractivity contribution in [1.29, 1.82) is 0 Å². The van der Waals surface area contributed by atoms with Crippen molar-refractivity contribution >= 4 is 11.8 Å². The highest BCUT2D eigenvalue weighted by atomic mass is 19.1. The van der Waals surface area contributed by atoms with Crippen LogP contribution in [0, 0.1) is 5.82 Å². The molecular formula is C24H31FN4O2. The number of benzene rings is 2. The third-order valence-electron chi connectivity index (χ3n) is 5.73. The van der Waals surface area contributed by atoms with Gasteiger partial charge in [0.1, 0.15) is 5.82 Å². The molecule has 166 valence electrons. The number of amides is 2. The lowest BCUT2D eigenvalue weighted by atomic mass is 9.97. The highest BCUT2D eigenvalue weighted by Gasteiger charge is 2.23. The van der Waals surface area contributed by atoms with Gasteiger partial charge in [0.05, 0.1) is 19.1 Å². The first-order chi connectivity index (χ1) is 15.0. The molecule has 2 aromatic rings. The molecule has 3 rings (SSSR count). The predicted octanol–water partition coefficient (Wildman–Crippen LogP) is 1.96. The molecule has 7 heteroatoms. The average Bonchev–Trinajstić information content (AvgIpc) is 2.80. The van der Waals surface area contributed by atoms with E-state index < -0.39 is 0 Å². The van der Waals surface area contributed by atoms with Crippen molar-refractivity contribution in [3.63, 3.8) is 0 Å². The fraction of sp³-hybridized carbons (Fsp3) is 0.417. The number of carbonyl (C=O) groups excluding carboxylic acids is 2. The summed E-state index contributed by atoms with van der Waals surface area (Å²) >= 11 is 0.